The maximum absolute atomic E-state index is 13.2. The molecule has 7 nitrogen and oxygen atoms in total. The van der Waals surface area contributed by atoms with Crippen molar-refractivity contribution in [2.75, 3.05) is 20.3 Å². The number of para-hydroxylation sites is 2. The van der Waals surface area contributed by atoms with Crippen molar-refractivity contribution in [1.82, 2.24) is 4.90 Å². The van der Waals surface area contributed by atoms with Gasteiger partial charge >= 0.3 is 5.97 Å². The average molecular weight is 450 g/mol. The van der Waals surface area contributed by atoms with E-state index in [1.807, 2.05) is 61.5 Å². The van der Waals surface area contributed by atoms with E-state index >= 15 is 0 Å². The number of carboxylic acid groups (broad SMARTS) is 1. The first-order valence-electron chi connectivity index (χ1n) is 10.6. The van der Waals surface area contributed by atoms with Crippen LogP contribution in [0.4, 0.5) is 0 Å². The summed E-state index contributed by atoms with van der Waals surface area (Å²) in [6, 6.07) is 21.8. The zero-order chi connectivity index (χ0) is 23.6. The van der Waals surface area contributed by atoms with Crippen LogP contribution in [0.5, 0.6) is 17.2 Å². The van der Waals surface area contributed by atoms with Gasteiger partial charge in [0.1, 0.15) is 11.3 Å². The molecular formula is C26H27NO6. The van der Waals surface area contributed by atoms with Crippen LogP contribution in [0.25, 0.3) is 0 Å². The molecule has 0 radical (unpaired) electrons. The molecule has 0 aliphatic rings. The van der Waals surface area contributed by atoms with Gasteiger partial charge in [-0.25, -0.2) is 4.79 Å². The van der Waals surface area contributed by atoms with Crippen LogP contribution < -0.4 is 14.2 Å². The highest BCUT2D eigenvalue weighted by molar-refractivity contribution is 5.92. The van der Waals surface area contributed by atoms with Gasteiger partial charge in [0.15, 0.2) is 18.1 Å². The Kier molecular flexibility index (Phi) is 8.30. The number of ether oxygens (including phenoxy) is 3. The molecule has 0 fully saturated rings. The summed E-state index contributed by atoms with van der Waals surface area (Å²) in [6.07, 6.45) is 0. The first-order chi connectivity index (χ1) is 16.0. The summed E-state index contributed by atoms with van der Waals surface area (Å²) in [7, 11) is 1.42. The number of carbonyl (C=O) groups excluding carboxylic acids is 1. The van der Waals surface area contributed by atoms with Crippen LogP contribution in [0.2, 0.25) is 0 Å². The van der Waals surface area contributed by atoms with Gasteiger partial charge in [0.2, 0.25) is 0 Å². The van der Waals surface area contributed by atoms with E-state index in [1.165, 1.54) is 13.2 Å². The minimum absolute atomic E-state index is 0.0234. The third kappa shape index (κ3) is 6.26. The normalized spacial score (nSPS) is 10.4. The highest BCUT2D eigenvalue weighted by Gasteiger charge is 2.21. The third-order valence-corrected chi connectivity index (χ3v) is 4.97. The van der Waals surface area contributed by atoms with E-state index in [0.717, 1.165) is 11.1 Å². The van der Waals surface area contributed by atoms with Gasteiger partial charge in [-0.05, 0) is 30.7 Å². The number of aromatic carboxylic acids is 1. The van der Waals surface area contributed by atoms with Gasteiger partial charge in [-0.15, -0.1) is 0 Å². The molecule has 0 aliphatic heterocycles. The molecule has 3 aromatic rings. The molecule has 0 unspecified atom stereocenters. The fourth-order valence-electron chi connectivity index (χ4n) is 3.39. The van der Waals surface area contributed by atoms with Gasteiger partial charge in [-0.2, -0.15) is 0 Å². The number of carbonyl (C=O) groups is 2. The molecule has 1 amide bonds. The largest absolute Gasteiger partial charge is 0.494 e. The molecule has 0 spiro atoms. The van der Waals surface area contributed by atoms with Gasteiger partial charge in [-0.1, -0.05) is 54.6 Å². The first-order valence-corrected chi connectivity index (χ1v) is 10.6. The average Bonchev–Trinajstić information content (AvgIpc) is 2.83. The summed E-state index contributed by atoms with van der Waals surface area (Å²) in [5.41, 5.74) is 1.76. The molecule has 0 saturated carbocycles. The fourth-order valence-corrected chi connectivity index (χ4v) is 3.39. The van der Waals surface area contributed by atoms with Crippen LogP contribution >= 0.6 is 0 Å². The number of hydrogen-bond acceptors (Lipinski definition) is 5. The number of rotatable bonds is 11. The van der Waals surface area contributed by atoms with E-state index in [-0.39, 0.29) is 29.6 Å². The number of benzene rings is 3. The van der Waals surface area contributed by atoms with Gasteiger partial charge in [0.25, 0.3) is 5.91 Å². The van der Waals surface area contributed by atoms with Crippen molar-refractivity contribution in [2.24, 2.45) is 0 Å². The second-order valence-electron chi connectivity index (χ2n) is 7.21. The Morgan fingerprint density at radius 3 is 2.24 bits per heavy atom. The van der Waals surface area contributed by atoms with E-state index in [2.05, 4.69) is 0 Å². The number of carboxylic acids is 1. The molecule has 0 atom stereocenters. The molecule has 172 valence electrons. The van der Waals surface area contributed by atoms with E-state index < -0.39 is 5.97 Å². The Balaban J connectivity index is 1.84. The monoisotopic (exact) mass is 449 g/mol. The maximum Gasteiger partial charge on any atom is 0.339 e. The molecule has 0 heterocycles. The van der Waals surface area contributed by atoms with Crippen molar-refractivity contribution in [3.8, 4) is 17.2 Å². The standard InChI is InChI=1S/C26H27NO6/c1-3-32-22-14-8-7-12-20(22)17-27(16-19-10-5-4-6-11-19)24(28)18-33-25-21(26(29)30)13-9-15-23(25)31-2/h4-15H,3,16-18H2,1-2H3,(H,29,30). The molecular weight excluding hydrogens is 422 g/mol. The van der Waals surface area contributed by atoms with E-state index in [1.54, 1.807) is 17.0 Å². The van der Waals surface area contributed by atoms with Crippen LogP contribution in [0, 0.1) is 0 Å². The Labute approximate surface area is 193 Å². The summed E-state index contributed by atoms with van der Waals surface area (Å²) in [6.45, 7) is 2.75. The molecule has 0 bridgehead atoms. The number of methoxy groups -OCH3 is 1. The summed E-state index contributed by atoms with van der Waals surface area (Å²) in [5.74, 6) is -0.477. The van der Waals surface area contributed by atoms with Gasteiger partial charge in [0, 0.05) is 18.7 Å². The lowest BCUT2D eigenvalue weighted by atomic mass is 10.1. The fraction of sp³-hybridized carbons (Fsp3) is 0.231. The second kappa shape index (κ2) is 11.6. The molecule has 0 saturated heterocycles. The van der Waals surface area contributed by atoms with Crippen LogP contribution in [-0.2, 0) is 17.9 Å². The lowest BCUT2D eigenvalue weighted by molar-refractivity contribution is -0.134. The SMILES string of the molecule is CCOc1ccccc1CN(Cc1ccccc1)C(=O)COc1c(OC)cccc1C(=O)O. The maximum atomic E-state index is 13.2. The molecule has 3 aromatic carbocycles. The minimum Gasteiger partial charge on any atom is -0.494 e. The Bertz CT molecular complexity index is 1080. The molecule has 0 aromatic heterocycles. The lowest BCUT2D eigenvalue weighted by Crippen LogP contribution is -2.34. The zero-order valence-electron chi connectivity index (χ0n) is 18.7. The van der Waals surface area contributed by atoms with E-state index in [9.17, 15) is 14.7 Å². The molecule has 33 heavy (non-hydrogen) atoms. The van der Waals surface area contributed by atoms with Gasteiger partial charge in [0.05, 0.1) is 13.7 Å². The second-order valence-corrected chi connectivity index (χ2v) is 7.21. The number of nitrogens with zero attached hydrogens (tertiary/aromatic N) is 1. The van der Waals surface area contributed by atoms with E-state index in [0.29, 0.717) is 25.4 Å². The molecule has 1 N–H and O–H groups in total. The summed E-state index contributed by atoms with van der Waals surface area (Å²) in [5, 5.41) is 9.49. The summed E-state index contributed by atoms with van der Waals surface area (Å²) < 4.78 is 16.6. The van der Waals surface area contributed by atoms with Crippen LogP contribution in [0.1, 0.15) is 28.4 Å². The van der Waals surface area contributed by atoms with Crippen molar-refractivity contribution in [2.45, 2.75) is 20.0 Å². The first kappa shape index (κ1) is 23.7. The highest BCUT2D eigenvalue weighted by atomic mass is 16.5. The van der Waals surface area contributed by atoms with Crippen molar-refractivity contribution < 1.29 is 28.9 Å². The number of hydrogen-bond donors (Lipinski definition) is 1. The van der Waals surface area contributed by atoms with Crippen molar-refractivity contribution >= 4 is 11.9 Å². The summed E-state index contributed by atoms with van der Waals surface area (Å²) in [4.78, 5) is 26.5. The molecule has 7 heteroatoms. The van der Waals surface area contributed by atoms with Crippen LogP contribution in [0.3, 0.4) is 0 Å². The Morgan fingerprint density at radius 2 is 1.55 bits per heavy atom. The predicted molar refractivity (Wildman–Crippen MR) is 124 cm³/mol. The van der Waals surface area contributed by atoms with Crippen molar-refractivity contribution in [3.05, 3.63) is 89.5 Å². The van der Waals surface area contributed by atoms with Gasteiger partial charge in [-0.3, -0.25) is 4.79 Å². The summed E-state index contributed by atoms with van der Waals surface area (Å²) >= 11 is 0. The predicted octanol–water partition coefficient (Wildman–Crippen LogP) is 4.40. The van der Waals surface area contributed by atoms with Gasteiger partial charge < -0.3 is 24.2 Å². The van der Waals surface area contributed by atoms with Crippen LogP contribution in [-0.4, -0.2) is 42.2 Å². The molecule has 3 rings (SSSR count). The Hall–Kier alpha value is -4.00. The Morgan fingerprint density at radius 1 is 0.848 bits per heavy atom. The highest BCUT2D eigenvalue weighted by Crippen LogP contribution is 2.31. The lowest BCUT2D eigenvalue weighted by Gasteiger charge is -2.24. The van der Waals surface area contributed by atoms with Crippen molar-refractivity contribution in [1.29, 1.82) is 0 Å². The molecule has 0 aliphatic carbocycles. The quantitative estimate of drug-likeness (QED) is 0.467. The van der Waals surface area contributed by atoms with E-state index in [4.69, 9.17) is 14.2 Å². The topological polar surface area (TPSA) is 85.3 Å². The van der Waals surface area contributed by atoms with Crippen molar-refractivity contribution in [3.63, 3.8) is 0 Å². The van der Waals surface area contributed by atoms with Crippen LogP contribution in [0.15, 0.2) is 72.8 Å². The third-order valence-electron chi connectivity index (χ3n) is 4.97. The smallest absolute Gasteiger partial charge is 0.339 e. The zero-order valence-corrected chi connectivity index (χ0v) is 18.7. The number of amides is 1. The minimum atomic E-state index is -1.16.